The van der Waals surface area contributed by atoms with Gasteiger partial charge in [0, 0.05) is 5.41 Å². The lowest BCUT2D eigenvalue weighted by Gasteiger charge is -2.47. The fourth-order valence-electron chi connectivity index (χ4n) is 1.36. The van der Waals surface area contributed by atoms with Gasteiger partial charge in [0.05, 0.1) is 13.5 Å². The Kier molecular flexibility index (Phi) is 2.29. The van der Waals surface area contributed by atoms with Gasteiger partial charge in [-0.3, -0.25) is 0 Å². The van der Waals surface area contributed by atoms with E-state index in [2.05, 4.69) is 40.0 Å². The third kappa shape index (κ3) is 1.52. The maximum atomic E-state index is 5.97. The highest BCUT2D eigenvalue weighted by Crippen LogP contribution is 2.40. The van der Waals surface area contributed by atoms with Crippen LogP contribution in [0.25, 0.3) is 0 Å². The molecule has 1 nitrogen and oxygen atoms in total. The van der Waals surface area contributed by atoms with Gasteiger partial charge in [0.2, 0.25) is 8.17 Å². The minimum Gasteiger partial charge on any atom is -0.546 e. The van der Waals surface area contributed by atoms with Gasteiger partial charge in [-0.1, -0.05) is 20.0 Å². The standard InChI is InChI=1S/C9H18OSi2/c1-8(2)7-11(5)12(6)10-9(8,3)4/h5-7H2,1-4H3. The summed E-state index contributed by atoms with van der Waals surface area (Å²) >= 11 is 0. The van der Waals surface area contributed by atoms with Gasteiger partial charge in [0.25, 0.3) is 0 Å². The van der Waals surface area contributed by atoms with Gasteiger partial charge in [-0.2, -0.15) is 0 Å². The van der Waals surface area contributed by atoms with Crippen molar-refractivity contribution in [3.8, 4) is 0 Å². The van der Waals surface area contributed by atoms with Crippen molar-refractivity contribution in [2.45, 2.75) is 39.3 Å². The fraction of sp³-hybridized carbons (Fsp3) is 0.778. The molecule has 0 amide bonds. The average molecular weight is 198 g/mol. The maximum Gasteiger partial charge on any atom is 0.224 e. The summed E-state index contributed by atoms with van der Waals surface area (Å²) in [6.07, 6.45) is 8.30. The molecule has 1 heterocycles. The molecule has 1 saturated heterocycles. The molecule has 0 atom stereocenters. The quantitative estimate of drug-likeness (QED) is 0.535. The second-order valence-corrected chi connectivity index (χ2v) is 11.1. The van der Waals surface area contributed by atoms with E-state index < -0.39 is 16.1 Å². The van der Waals surface area contributed by atoms with Crippen molar-refractivity contribution in [2.24, 2.45) is 5.41 Å². The molecule has 3 heteroatoms. The van der Waals surface area contributed by atoms with Crippen molar-refractivity contribution in [3.05, 3.63) is 0 Å². The topological polar surface area (TPSA) is 9.23 Å². The van der Waals surface area contributed by atoms with Gasteiger partial charge in [-0.15, -0.1) is 6.17 Å². The first-order valence-corrected chi connectivity index (χ1v) is 8.85. The lowest BCUT2D eigenvalue weighted by atomic mass is 9.79. The number of rotatable bonds is 0. The first-order chi connectivity index (χ1) is 5.26. The van der Waals surface area contributed by atoms with Crippen molar-refractivity contribution < 1.29 is 4.43 Å². The second kappa shape index (κ2) is 2.74. The SMILES string of the molecule is C=[Si]1CC(C)(C)C(C)(C)O[Si]1=C. The summed E-state index contributed by atoms with van der Waals surface area (Å²) in [6.45, 7) is 8.91. The normalized spacial score (nSPS) is 26.7. The largest absolute Gasteiger partial charge is 0.546 e. The van der Waals surface area contributed by atoms with Gasteiger partial charge in [0.15, 0.2) is 0 Å². The Morgan fingerprint density at radius 3 is 2.08 bits per heavy atom. The van der Waals surface area contributed by atoms with Crippen molar-refractivity contribution >= 4 is 28.4 Å². The van der Waals surface area contributed by atoms with Crippen molar-refractivity contribution in [3.63, 3.8) is 0 Å². The predicted molar refractivity (Wildman–Crippen MR) is 59.5 cm³/mol. The third-order valence-corrected chi connectivity index (χ3v) is 9.12. The second-order valence-electron chi connectivity index (χ2n) is 4.70. The van der Waals surface area contributed by atoms with E-state index in [9.17, 15) is 0 Å². The van der Waals surface area contributed by atoms with Gasteiger partial charge in [-0.25, -0.2) is 0 Å². The summed E-state index contributed by atoms with van der Waals surface area (Å²) in [7, 11) is -1.34. The van der Waals surface area contributed by atoms with Crippen LogP contribution in [0.15, 0.2) is 0 Å². The zero-order valence-corrected chi connectivity index (χ0v) is 10.5. The van der Waals surface area contributed by atoms with Crippen LogP contribution in [0.4, 0.5) is 0 Å². The molecule has 0 aliphatic carbocycles. The molecule has 1 aliphatic heterocycles. The molecule has 0 aromatic rings. The summed E-state index contributed by atoms with van der Waals surface area (Å²) in [5.74, 6) is 0. The van der Waals surface area contributed by atoms with Crippen LogP contribution in [-0.2, 0) is 4.43 Å². The molecule has 0 bridgehead atoms. The minimum atomic E-state index is -0.807. The van der Waals surface area contributed by atoms with Gasteiger partial charge < -0.3 is 4.43 Å². The van der Waals surface area contributed by atoms with E-state index in [1.54, 1.807) is 0 Å². The van der Waals surface area contributed by atoms with Crippen molar-refractivity contribution in [2.75, 3.05) is 0 Å². The molecule has 1 rings (SSSR count). The molecule has 12 heavy (non-hydrogen) atoms. The summed E-state index contributed by atoms with van der Waals surface area (Å²) in [4.78, 5) is 0. The van der Waals surface area contributed by atoms with E-state index in [1.165, 1.54) is 6.04 Å². The highest BCUT2D eigenvalue weighted by molar-refractivity contribution is 7.19. The third-order valence-electron chi connectivity index (χ3n) is 3.06. The Hall–Kier alpha value is -0.0262. The zero-order valence-electron chi connectivity index (χ0n) is 8.53. The zero-order chi connectivity index (χ0) is 9.57. The molecule has 0 N–H and O–H groups in total. The van der Waals surface area contributed by atoms with Crippen LogP contribution in [0.2, 0.25) is 6.04 Å². The maximum absolute atomic E-state index is 5.97. The summed E-state index contributed by atoms with van der Waals surface area (Å²) in [6, 6.07) is 1.24. The molecule has 0 spiro atoms. The van der Waals surface area contributed by atoms with Gasteiger partial charge in [-0.05, 0) is 19.9 Å². The first kappa shape index (κ1) is 10.1. The van der Waals surface area contributed by atoms with E-state index >= 15 is 0 Å². The molecule has 0 aromatic carbocycles. The molecule has 0 aromatic heterocycles. The number of hydrogen-bond acceptors (Lipinski definition) is 1. The molecule has 1 fully saturated rings. The smallest absolute Gasteiger partial charge is 0.224 e. The highest BCUT2D eigenvalue weighted by atomic mass is 29.2. The Labute approximate surface area is 78.1 Å². The molecule has 68 valence electrons. The minimum absolute atomic E-state index is 0.00506. The highest BCUT2D eigenvalue weighted by Gasteiger charge is 2.43. The molecule has 0 radical (unpaired) electrons. The Morgan fingerprint density at radius 2 is 1.67 bits per heavy atom. The molecular weight excluding hydrogens is 180 g/mol. The van der Waals surface area contributed by atoms with E-state index in [1.807, 2.05) is 0 Å². The predicted octanol–water partition coefficient (Wildman–Crippen LogP) is 1.41. The fourth-order valence-corrected chi connectivity index (χ4v) is 7.21. The lowest BCUT2D eigenvalue weighted by Crippen LogP contribution is -2.52. The molecule has 0 saturated carbocycles. The monoisotopic (exact) mass is 198 g/mol. The van der Waals surface area contributed by atoms with Crippen LogP contribution >= 0.6 is 0 Å². The van der Waals surface area contributed by atoms with Crippen LogP contribution < -0.4 is 0 Å². The van der Waals surface area contributed by atoms with Gasteiger partial charge >= 0.3 is 0 Å². The van der Waals surface area contributed by atoms with Gasteiger partial charge in [0.1, 0.15) is 0 Å². The molecule has 0 unspecified atom stereocenters. The van der Waals surface area contributed by atoms with Crippen LogP contribution in [-0.4, -0.2) is 34.0 Å². The van der Waals surface area contributed by atoms with Crippen LogP contribution in [0, 0.1) is 5.41 Å². The Bertz CT molecular complexity index is 215. The molecular formula is C9H18OSi2. The van der Waals surface area contributed by atoms with E-state index in [0.717, 1.165) is 0 Å². The number of hydrogen-bond donors (Lipinski definition) is 0. The van der Waals surface area contributed by atoms with Crippen LogP contribution in [0.5, 0.6) is 0 Å². The van der Waals surface area contributed by atoms with E-state index in [0.29, 0.717) is 0 Å². The average Bonchev–Trinajstić information content (AvgIpc) is 1.82. The van der Waals surface area contributed by atoms with E-state index in [-0.39, 0.29) is 11.0 Å². The summed E-state index contributed by atoms with van der Waals surface area (Å²) in [5, 5.41) is 0. The Balaban J connectivity index is 2.95. The Morgan fingerprint density at radius 1 is 1.17 bits per heavy atom. The molecule has 1 aliphatic rings. The van der Waals surface area contributed by atoms with E-state index in [4.69, 9.17) is 4.43 Å². The van der Waals surface area contributed by atoms with Crippen LogP contribution in [0.1, 0.15) is 27.7 Å². The summed E-state index contributed by atoms with van der Waals surface area (Å²) < 4.78 is 5.97. The van der Waals surface area contributed by atoms with Crippen molar-refractivity contribution in [1.82, 2.24) is 0 Å². The van der Waals surface area contributed by atoms with Crippen molar-refractivity contribution in [1.29, 1.82) is 0 Å². The van der Waals surface area contributed by atoms with Crippen LogP contribution in [0.3, 0.4) is 0 Å². The first-order valence-electron chi connectivity index (χ1n) is 4.32. The summed E-state index contributed by atoms with van der Waals surface area (Å²) in [5.41, 5.74) is 0.268. The lowest BCUT2D eigenvalue weighted by molar-refractivity contribution is -0.00134.